The van der Waals surface area contributed by atoms with Crippen LogP contribution in [-0.2, 0) is 6.42 Å². The van der Waals surface area contributed by atoms with Gasteiger partial charge in [-0.15, -0.1) is 0 Å². The highest BCUT2D eigenvalue weighted by Crippen LogP contribution is 2.20. The summed E-state index contributed by atoms with van der Waals surface area (Å²) in [7, 11) is 0. The van der Waals surface area contributed by atoms with Gasteiger partial charge in [0.1, 0.15) is 5.82 Å². The van der Waals surface area contributed by atoms with Crippen LogP contribution in [0.4, 0.5) is 4.39 Å². The Balaban J connectivity index is 2.23. The van der Waals surface area contributed by atoms with E-state index in [9.17, 15) is 4.39 Å². The largest absolute Gasteiger partial charge is 0.368 e. The van der Waals surface area contributed by atoms with E-state index in [4.69, 9.17) is 10.2 Å². The fourth-order valence-electron chi connectivity index (χ4n) is 1.71. The molecule has 0 aromatic heterocycles. The molecule has 2 aromatic carbocycles. The van der Waals surface area contributed by atoms with Crippen LogP contribution in [0.1, 0.15) is 5.56 Å². The van der Waals surface area contributed by atoms with E-state index in [1.807, 2.05) is 18.2 Å². The lowest BCUT2D eigenvalue weighted by Gasteiger charge is -2.06. The molecule has 0 heterocycles. The van der Waals surface area contributed by atoms with Gasteiger partial charge in [-0.25, -0.2) is 4.39 Å². The normalized spacial score (nSPS) is 10.8. The predicted octanol–water partition coefficient (Wildman–Crippen LogP) is 2.35. The summed E-state index contributed by atoms with van der Waals surface area (Å²) < 4.78 is 13.0. The molecule has 0 bridgehead atoms. The highest BCUT2D eigenvalue weighted by molar-refractivity contribution is 5.63. The number of aliphatic hydroxyl groups is 2. The van der Waals surface area contributed by atoms with Gasteiger partial charge in [0, 0.05) is 6.42 Å². The van der Waals surface area contributed by atoms with Gasteiger partial charge >= 0.3 is 0 Å². The molecule has 2 aromatic rings. The van der Waals surface area contributed by atoms with Crippen LogP contribution in [0.25, 0.3) is 11.1 Å². The Morgan fingerprint density at radius 2 is 1.65 bits per heavy atom. The number of hydrogen-bond donors (Lipinski definition) is 2. The molecule has 2 N–H and O–H groups in total. The molecule has 0 fully saturated rings. The Kier molecular flexibility index (Phi) is 3.52. The maximum Gasteiger partial charge on any atom is 0.155 e. The monoisotopic (exact) mass is 232 g/mol. The van der Waals surface area contributed by atoms with Crippen molar-refractivity contribution < 1.29 is 14.6 Å². The molecule has 0 spiro atoms. The number of hydrogen-bond acceptors (Lipinski definition) is 2. The molecule has 0 saturated heterocycles. The summed E-state index contributed by atoms with van der Waals surface area (Å²) >= 11 is 0. The fourth-order valence-corrected chi connectivity index (χ4v) is 1.71. The maximum absolute atomic E-state index is 13.0. The maximum atomic E-state index is 13.0. The first-order valence-electron chi connectivity index (χ1n) is 5.36. The van der Waals surface area contributed by atoms with Crippen molar-refractivity contribution >= 4 is 0 Å². The van der Waals surface area contributed by atoms with Gasteiger partial charge in [-0.1, -0.05) is 36.4 Å². The van der Waals surface area contributed by atoms with Gasteiger partial charge in [-0.3, -0.25) is 0 Å². The molecule has 3 heteroatoms. The van der Waals surface area contributed by atoms with E-state index < -0.39 is 6.29 Å². The predicted molar refractivity (Wildman–Crippen MR) is 63.8 cm³/mol. The molecule has 0 aliphatic rings. The summed E-state index contributed by atoms with van der Waals surface area (Å²) in [5.74, 6) is -0.266. The topological polar surface area (TPSA) is 40.5 Å². The van der Waals surface area contributed by atoms with Crippen molar-refractivity contribution in [3.8, 4) is 11.1 Å². The quantitative estimate of drug-likeness (QED) is 0.797. The van der Waals surface area contributed by atoms with Gasteiger partial charge in [-0.05, 0) is 28.8 Å². The van der Waals surface area contributed by atoms with Crippen LogP contribution in [0.2, 0.25) is 0 Å². The van der Waals surface area contributed by atoms with Gasteiger partial charge < -0.3 is 10.2 Å². The molecule has 17 heavy (non-hydrogen) atoms. The number of halogens is 1. The highest BCUT2D eigenvalue weighted by Gasteiger charge is 2.02. The number of rotatable bonds is 3. The first-order chi connectivity index (χ1) is 8.15. The summed E-state index contributed by atoms with van der Waals surface area (Å²) in [5.41, 5.74) is 2.54. The first-order valence-corrected chi connectivity index (χ1v) is 5.36. The van der Waals surface area contributed by atoms with E-state index in [0.29, 0.717) is 0 Å². The van der Waals surface area contributed by atoms with Gasteiger partial charge in [0.25, 0.3) is 0 Å². The summed E-state index contributed by atoms with van der Waals surface area (Å²) in [5, 5.41) is 17.7. The number of benzene rings is 2. The highest BCUT2D eigenvalue weighted by atomic mass is 19.1. The summed E-state index contributed by atoms with van der Waals surface area (Å²) in [6, 6.07) is 13.7. The van der Waals surface area contributed by atoms with Crippen molar-refractivity contribution in [2.24, 2.45) is 0 Å². The standard InChI is InChI=1S/C14H13FO2/c15-13-3-1-2-12(9-13)11-6-4-10(5-7-11)8-14(16)17/h1-7,9,14,16-17H,8H2. The third-order valence-electron chi connectivity index (χ3n) is 2.53. The first kappa shape index (κ1) is 11.8. The lowest BCUT2D eigenvalue weighted by Crippen LogP contribution is -2.07. The summed E-state index contributed by atoms with van der Waals surface area (Å²) in [6.45, 7) is 0. The second-order valence-corrected chi connectivity index (χ2v) is 3.89. The van der Waals surface area contributed by atoms with E-state index in [-0.39, 0.29) is 12.2 Å². The second kappa shape index (κ2) is 5.08. The van der Waals surface area contributed by atoms with Crippen molar-refractivity contribution in [3.63, 3.8) is 0 Å². The molecule has 0 saturated carbocycles. The zero-order valence-electron chi connectivity index (χ0n) is 9.18. The minimum Gasteiger partial charge on any atom is -0.368 e. The van der Waals surface area contributed by atoms with Gasteiger partial charge in [0.15, 0.2) is 6.29 Å². The molecule has 0 amide bonds. The minimum absolute atomic E-state index is 0.198. The van der Waals surface area contributed by atoms with Crippen molar-refractivity contribution in [1.29, 1.82) is 0 Å². The molecule has 0 radical (unpaired) electrons. The van der Waals surface area contributed by atoms with Crippen LogP contribution in [-0.4, -0.2) is 16.5 Å². The Morgan fingerprint density at radius 3 is 2.24 bits per heavy atom. The Hall–Kier alpha value is -1.71. The molecule has 0 unspecified atom stereocenters. The molecule has 0 aliphatic carbocycles. The van der Waals surface area contributed by atoms with Crippen LogP contribution < -0.4 is 0 Å². The summed E-state index contributed by atoms with van der Waals surface area (Å²) in [4.78, 5) is 0. The second-order valence-electron chi connectivity index (χ2n) is 3.89. The van der Waals surface area contributed by atoms with E-state index in [0.717, 1.165) is 16.7 Å². The fraction of sp³-hybridized carbons (Fsp3) is 0.143. The lowest BCUT2D eigenvalue weighted by molar-refractivity contribution is -0.0381. The summed E-state index contributed by atoms with van der Waals surface area (Å²) in [6.07, 6.45) is -1.14. The van der Waals surface area contributed by atoms with E-state index in [1.165, 1.54) is 12.1 Å². The molecular weight excluding hydrogens is 219 g/mol. The average Bonchev–Trinajstić information content (AvgIpc) is 2.29. The minimum atomic E-state index is -1.34. The van der Waals surface area contributed by atoms with E-state index >= 15 is 0 Å². The molecule has 0 aliphatic heterocycles. The SMILES string of the molecule is OC(O)Cc1ccc(-c2cccc(F)c2)cc1. The zero-order chi connectivity index (χ0) is 12.3. The van der Waals surface area contributed by atoms with E-state index in [2.05, 4.69) is 0 Å². The smallest absolute Gasteiger partial charge is 0.155 e. The van der Waals surface area contributed by atoms with Crippen LogP contribution >= 0.6 is 0 Å². The molecule has 2 nitrogen and oxygen atoms in total. The van der Waals surface area contributed by atoms with Crippen LogP contribution in [0.15, 0.2) is 48.5 Å². The lowest BCUT2D eigenvalue weighted by atomic mass is 10.0. The molecular formula is C14H13FO2. The molecule has 2 rings (SSSR count). The molecule has 88 valence electrons. The Morgan fingerprint density at radius 1 is 0.941 bits per heavy atom. The zero-order valence-corrected chi connectivity index (χ0v) is 9.18. The Bertz CT molecular complexity index is 492. The van der Waals surface area contributed by atoms with Crippen LogP contribution in [0.5, 0.6) is 0 Å². The van der Waals surface area contributed by atoms with Gasteiger partial charge in [0.2, 0.25) is 0 Å². The number of aliphatic hydroxyl groups excluding tert-OH is 1. The van der Waals surface area contributed by atoms with Crippen molar-refractivity contribution in [2.75, 3.05) is 0 Å². The average molecular weight is 232 g/mol. The van der Waals surface area contributed by atoms with Crippen molar-refractivity contribution in [2.45, 2.75) is 12.7 Å². The Labute approximate surface area is 99.0 Å². The third-order valence-corrected chi connectivity index (χ3v) is 2.53. The van der Waals surface area contributed by atoms with E-state index in [1.54, 1.807) is 18.2 Å². The van der Waals surface area contributed by atoms with Crippen LogP contribution in [0, 0.1) is 5.82 Å². The third kappa shape index (κ3) is 3.12. The van der Waals surface area contributed by atoms with Crippen molar-refractivity contribution in [3.05, 3.63) is 59.9 Å². The van der Waals surface area contributed by atoms with Crippen molar-refractivity contribution in [1.82, 2.24) is 0 Å². The van der Waals surface area contributed by atoms with Gasteiger partial charge in [-0.2, -0.15) is 0 Å². The van der Waals surface area contributed by atoms with Gasteiger partial charge in [0.05, 0.1) is 0 Å². The molecule has 0 atom stereocenters. The van der Waals surface area contributed by atoms with Crippen LogP contribution in [0.3, 0.4) is 0 Å².